The van der Waals surface area contributed by atoms with E-state index in [1.807, 2.05) is 0 Å². The number of rotatable bonds is 9. The summed E-state index contributed by atoms with van der Waals surface area (Å²) in [6.07, 6.45) is 4.67. The standard InChI is InChI=1S/C24H28Cl2FN3O4S/c1-16(24(32)28-19-7-3-4-8-19)29(14-17-11-12-18(25)13-20(17)26)23(31)15-30(35(2,33)34)22-10-6-5-9-21(22)27/h5-6,9-13,16,19H,3-4,7-8,14-15H2,1-2H3,(H,28,32)/t16-/m1/s1. The highest BCUT2D eigenvalue weighted by Gasteiger charge is 2.32. The molecule has 0 aliphatic heterocycles. The van der Waals surface area contributed by atoms with Crippen molar-refractivity contribution in [1.82, 2.24) is 10.2 Å². The van der Waals surface area contributed by atoms with Gasteiger partial charge in [-0.2, -0.15) is 0 Å². The van der Waals surface area contributed by atoms with Crippen molar-refractivity contribution in [2.45, 2.75) is 51.2 Å². The monoisotopic (exact) mass is 543 g/mol. The molecular formula is C24H28Cl2FN3O4S. The highest BCUT2D eigenvalue weighted by molar-refractivity contribution is 7.92. The molecule has 2 amide bonds. The van der Waals surface area contributed by atoms with Crippen LogP contribution in [0.2, 0.25) is 10.0 Å². The van der Waals surface area contributed by atoms with Crippen LogP contribution in [0.4, 0.5) is 10.1 Å². The Balaban J connectivity index is 1.91. The molecule has 1 N–H and O–H groups in total. The Kier molecular flexibility index (Phi) is 9.01. The lowest BCUT2D eigenvalue weighted by atomic mass is 10.1. The van der Waals surface area contributed by atoms with Gasteiger partial charge in [0, 0.05) is 22.6 Å². The third-order valence-electron chi connectivity index (χ3n) is 6.02. The van der Waals surface area contributed by atoms with E-state index < -0.39 is 34.3 Å². The first-order chi connectivity index (χ1) is 16.5. The quantitative estimate of drug-likeness (QED) is 0.508. The Morgan fingerprint density at radius 2 is 1.80 bits per heavy atom. The molecule has 2 aromatic rings. The number of nitrogens with one attached hydrogen (secondary N) is 1. The van der Waals surface area contributed by atoms with E-state index in [1.165, 1.54) is 29.2 Å². The smallest absolute Gasteiger partial charge is 0.244 e. The van der Waals surface area contributed by atoms with Crippen LogP contribution < -0.4 is 9.62 Å². The summed E-state index contributed by atoms with van der Waals surface area (Å²) in [7, 11) is -4.02. The number of benzene rings is 2. The first-order valence-corrected chi connectivity index (χ1v) is 13.8. The molecule has 7 nitrogen and oxygen atoms in total. The molecule has 0 radical (unpaired) electrons. The number of hydrogen-bond acceptors (Lipinski definition) is 4. The van der Waals surface area contributed by atoms with E-state index in [9.17, 15) is 22.4 Å². The molecule has 1 fully saturated rings. The summed E-state index contributed by atoms with van der Waals surface area (Å²) in [6, 6.07) is 9.15. The predicted molar refractivity (Wildman–Crippen MR) is 135 cm³/mol. The molecule has 2 aromatic carbocycles. The molecule has 0 spiro atoms. The molecule has 0 unspecified atom stereocenters. The molecule has 1 aliphatic carbocycles. The average Bonchev–Trinajstić information content (AvgIpc) is 3.29. The minimum Gasteiger partial charge on any atom is -0.352 e. The fraction of sp³-hybridized carbons (Fsp3) is 0.417. The molecule has 1 atom stereocenters. The van der Waals surface area contributed by atoms with Gasteiger partial charge in [0.25, 0.3) is 0 Å². The maximum atomic E-state index is 14.4. The third-order valence-corrected chi connectivity index (χ3v) is 7.74. The second-order valence-corrected chi connectivity index (χ2v) is 11.4. The second-order valence-electron chi connectivity index (χ2n) is 8.64. The van der Waals surface area contributed by atoms with Crippen molar-refractivity contribution in [3.8, 4) is 0 Å². The van der Waals surface area contributed by atoms with Crippen LogP contribution in [0.1, 0.15) is 38.2 Å². The Labute approximate surface area is 215 Å². The number of carbonyl (C=O) groups is 2. The average molecular weight is 544 g/mol. The molecule has 35 heavy (non-hydrogen) atoms. The van der Waals surface area contributed by atoms with Gasteiger partial charge >= 0.3 is 0 Å². The minimum atomic E-state index is -4.02. The van der Waals surface area contributed by atoms with Crippen molar-refractivity contribution < 1.29 is 22.4 Å². The number of nitrogens with zero attached hydrogens (tertiary/aromatic N) is 2. The van der Waals surface area contributed by atoms with E-state index in [-0.39, 0.29) is 24.2 Å². The molecule has 1 aliphatic rings. The molecule has 11 heteroatoms. The summed E-state index contributed by atoms with van der Waals surface area (Å²) in [4.78, 5) is 27.8. The summed E-state index contributed by atoms with van der Waals surface area (Å²) in [5.41, 5.74) is 0.276. The third kappa shape index (κ3) is 7.08. The summed E-state index contributed by atoms with van der Waals surface area (Å²) >= 11 is 12.3. The van der Waals surface area contributed by atoms with Gasteiger partial charge in [0.15, 0.2) is 0 Å². The lowest BCUT2D eigenvalue weighted by molar-refractivity contribution is -0.139. The van der Waals surface area contributed by atoms with Gasteiger partial charge in [-0.25, -0.2) is 12.8 Å². The maximum absolute atomic E-state index is 14.4. The number of sulfonamides is 1. The number of anilines is 1. The van der Waals surface area contributed by atoms with Crippen molar-refractivity contribution in [3.05, 3.63) is 63.9 Å². The zero-order chi connectivity index (χ0) is 25.8. The summed E-state index contributed by atoms with van der Waals surface area (Å²) in [5, 5.41) is 3.68. The summed E-state index contributed by atoms with van der Waals surface area (Å²) < 4.78 is 40.1. The summed E-state index contributed by atoms with van der Waals surface area (Å²) in [6.45, 7) is 0.814. The predicted octanol–water partition coefficient (Wildman–Crippen LogP) is 4.37. The second kappa shape index (κ2) is 11.6. The van der Waals surface area contributed by atoms with E-state index in [1.54, 1.807) is 19.1 Å². The molecular weight excluding hydrogens is 516 g/mol. The van der Waals surface area contributed by atoms with Gasteiger partial charge in [-0.3, -0.25) is 13.9 Å². The molecule has 3 rings (SSSR count). The van der Waals surface area contributed by atoms with Crippen molar-refractivity contribution in [1.29, 1.82) is 0 Å². The number of carbonyl (C=O) groups excluding carboxylic acids is 2. The van der Waals surface area contributed by atoms with Crippen LogP contribution in [-0.4, -0.2) is 50.0 Å². The SMILES string of the molecule is C[C@H](C(=O)NC1CCCC1)N(Cc1ccc(Cl)cc1Cl)C(=O)CN(c1ccccc1F)S(C)(=O)=O. The number of para-hydroxylation sites is 1. The molecule has 1 saturated carbocycles. The van der Waals surface area contributed by atoms with Crippen LogP contribution in [0.3, 0.4) is 0 Å². The van der Waals surface area contributed by atoms with E-state index in [0.29, 0.717) is 19.9 Å². The highest BCUT2D eigenvalue weighted by atomic mass is 35.5. The first-order valence-electron chi connectivity index (χ1n) is 11.2. The zero-order valence-electron chi connectivity index (χ0n) is 19.5. The lowest BCUT2D eigenvalue weighted by Gasteiger charge is -2.32. The minimum absolute atomic E-state index is 0.0342. The lowest BCUT2D eigenvalue weighted by Crippen LogP contribution is -2.52. The van der Waals surface area contributed by atoms with E-state index >= 15 is 0 Å². The zero-order valence-corrected chi connectivity index (χ0v) is 21.8. The van der Waals surface area contributed by atoms with E-state index in [2.05, 4.69) is 5.32 Å². The van der Waals surface area contributed by atoms with Gasteiger partial charge in [0.05, 0.1) is 11.9 Å². The molecule has 190 valence electrons. The van der Waals surface area contributed by atoms with Gasteiger partial charge in [0.1, 0.15) is 18.4 Å². The van der Waals surface area contributed by atoms with Gasteiger partial charge in [-0.15, -0.1) is 0 Å². The van der Waals surface area contributed by atoms with Crippen molar-refractivity contribution in [2.24, 2.45) is 0 Å². The topological polar surface area (TPSA) is 86.8 Å². The van der Waals surface area contributed by atoms with Crippen LogP contribution in [-0.2, 0) is 26.2 Å². The van der Waals surface area contributed by atoms with Crippen LogP contribution in [0.5, 0.6) is 0 Å². The first kappa shape index (κ1) is 27.2. The van der Waals surface area contributed by atoms with Crippen LogP contribution in [0.15, 0.2) is 42.5 Å². The number of halogens is 3. The Morgan fingerprint density at radius 1 is 1.14 bits per heavy atom. The Hall–Kier alpha value is -2.36. The van der Waals surface area contributed by atoms with Gasteiger partial charge in [-0.1, -0.05) is 54.2 Å². The van der Waals surface area contributed by atoms with Crippen LogP contribution in [0.25, 0.3) is 0 Å². The number of amides is 2. The normalized spacial score (nSPS) is 15.0. The highest BCUT2D eigenvalue weighted by Crippen LogP contribution is 2.25. The molecule has 0 saturated heterocycles. The van der Waals surface area contributed by atoms with Crippen molar-refractivity contribution in [3.63, 3.8) is 0 Å². The van der Waals surface area contributed by atoms with Crippen molar-refractivity contribution >= 4 is 50.7 Å². The molecule has 0 heterocycles. The van der Waals surface area contributed by atoms with Crippen molar-refractivity contribution in [2.75, 3.05) is 17.1 Å². The van der Waals surface area contributed by atoms with E-state index in [4.69, 9.17) is 23.2 Å². The molecule has 0 bridgehead atoms. The van der Waals surface area contributed by atoms with Gasteiger partial charge in [0.2, 0.25) is 21.8 Å². The number of hydrogen-bond donors (Lipinski definition) is 1. The summed E-state index contributed by atoms with van der Waals surface area (Å²) in [5.74, 6) is -1.82. The molecule has 0 aromatic heterocycles. The fourth-order valence-electron chi connectivity index (χ4n) is 4.06. The largest absolute Gasteiger partial charge is 0.352 e. The van der Waals surface area contributed by atoms with Crippen LogP contribution >= 0.6 is 23.2 Å². The van der Waals surface area contributed by atoms with E-state index in [0.717, 1.165) is 38.0 Å². The van der Waals surface area contributed by atoms with Gasteiger partial charge in [-0.05, 0) is 49.6 Å². The van der Waals surface area contributed by atoms with Crippen LogP contribution in [0, 0.1) is 5.82 Å². The Morgan fingerprint density at radius 3 is 2.40 bits per heavy atom. The maximum Gasteiger partial charge on any atom is 0.244 e. The van der Waals surface area contributed by atoms with Gasteiger partial charge < -0.3 is 10.2 Å². The fourth-order valence-corrected chi connectivity index (χ4v) is 5.38. The Bertz CT molecular complexity index is 1190.